The Balaban J connectivity index is 1.58. The third kappa shape index (κ3) is 3.41. The minimum Gasteiger partial charge on any atom is -0.363 e. The molecular weight excluding hydrogens is 488 g/mol. The van der Waals surface area contributed by atoms with Gasteiger partial charge < -0.3 is 9.80 Å². The van der Waals surface area contributed by atoms with Crippen molar-refractivity contribution in [2.24, 2.45) is 0 Å². The topological polar surface area (TPSA) is 23.6 Å². The van der Waals surface area contributed by atoms with E-state index in [1.165, 1.54) is 4.90 Å². The fraction of sp³-hybridized carbons (Fsp3) is 0.190. The molecule has 3 nitrogen and oxygen atoms in total. The van der Waals surface area contributed by atoms with Crippen LogP contribution in [0.15, 0.2) is 40.9 Å². The first-order chi connectivity index (χ1) is 14.3. The lowest BCUT2D eigenvalue weighted by atomic mass is 10.0. The lowest BCUT2D eigenvalue weighted by Gasteiger charge is -2.36. The number of rotatable bonds is 2. The van der Waals surface area contributed by atoms with Gasteiger partial charge in [0, 0.05) is 36.2 Å². The molecular formula is C21H14BrClF4N2O. The van der Waals surface area contributed by atoms with Crippen molar-refractivity contribution in [1.29, 1.82) is 0 Å². The maximum Gasteiger partial charge on any atom is 0.254 e. The van der Waals surface area contributed by atoms with E-state index in [0.29, 0.717) is 5.56 Å². The molecule has 0 aromatic heterocycles. The molecule has 1 fully saturated rings. The molecule has 0 atom stereocenters. The van der Waals surface area contributed by atoms with Gasteiger partial charge in [-0.15, -0.1) is 0 Å². The van der Waals surface area contributed by atoms with Crippen LogP contribution in [0.25, 0.3) is 10.8 Å². The number of halogens is 6. The molecule has 0 saturated carbocycles. The van der Waals surface area contributed by atoms with Crippen LogP contribution in [0.3, 0.4) is 0 Å². The second kappa shape index (κ2) is 8.07. The van der Waals surface area contributed by atoms with E-state index < -0.39 is 34.0 Å². The van der Waals surface area contributed by atoms with Crippen molar-refractivity contribution < 1.29 is 22.4 Å². The van der Waals surface area contributed by atoms with Crippen molar-refractivity contribution in [1.82, 2.24) is 4.90 Å². The van der Waals surface area contributed by atoms with Gasteiger partial charge in [0.25, 0.3) is 5.91 Å². The van der Waals surface area contributed by atoms with Gasteiger partial charge in [-0.2, -0.15) is 0 Å². The number of benzene rings is 3. The first kappa shape index (κ1) is 20.9. The van der Waals surface area contributed by atoms with Crippen molar-refractivity contribution in [2.75, 3.05) is 31.1 Å². The summed E-state index contributed by atoms with van der Waals surface area (Å²) in [4.78, 5) is 15.8. The van der Waals surface area contributed by atoms with Gasteiger partial charge in [-0.25, -0.2) is 17.6 Å². The van der Waals surface area contributed by atoms with E-state index in [1.54, 1.807) is 17.0 Å². The Labute approximate surface area is 183 Å². The normalized spacial score (nSPS) is 14.5. The maximum atomic E-state index is 14.2. The number of amides is 1. The Bertz CT molecular complexity index is 1140. The first-order valence-corrected chi connectivity index (χ1v) is 10.2. The molecule has 0 aliphatic carbocycles. The molecule has 1 heterocycles. The van der Waals surface area contributed by atoms with Gasteiger partial charge in [-0.05, 0) is 22.9 Å². The molecule has 1 saturated heterocycles. The Hall–Kier alpha value is -2.32. The highest BCUT2D eigenvalue weighted by molar-refractivity contribution is 9.10. The van der Waals surface area contributed by atoms with Crippen LogP contribution in [0.4, 0.5) is 23.2 Å². The molecule has 1 aliphatic heterocycles. The van der Waals surface area contributed by atoms with Gasteiger partial charge in [-0.3, -0.25) is 4.79 Å². The predicted octanol–water partition coefficient (Wildman–Crippen LogP) is 5.77. The van der Waals surface area contributed by atoms with Crippen LogP contribution in [0, 0.1) is 23.3 Å². The number of fused-ring (bicyclic) bond motifs is 1. The Morgan fingerprint density at radius 2 is 1.40 bits per heavy atom. The zero-order chi connectivity index (χ0) is 21.6. The fourth-order valence-corrected chi connectivity index (χ4v) is 4.30. The first-order valence-electron chi connectivity index (χ1n) is 9.04. The lowest BCUT2D eigenvalue weighted by Crippen LogP contribution is -2.49. The van der Waals surface area contributed by atoms with E-state index in [1.807, 2.05) is 24.3 Å². The summed E-state index contributed by atoms with van der Waals surface area (Å²) in [5, 5.41) is 0.446. The summed E-state index contributed by atoms with van der Waals surface area (Å²) in [6, 6.07) is 10.9. The number of nitrogens with zero attached hydrogens (tertiary/aromatic N) is 2. The zero-order valence-corrected chi connectivity index (χ0v) is 17.7. The van der Waals surface area contributed by atoms with Crippen molar-refractivity contribution in [3.05, 3.63) is 74.7 Å². The minimum absolute atomic E-state index is 0.00849. The van der Waals surface area contributed by atoms with Crippen molar-refractivity contribution >= 4 is 49.9 Å². The zero-order valence-electron chi connectivity index (χ0n) is 15.4. The van der Waals surface area contributed by atoms with Crippen molar-refractivity contribution in [3.8, 4) is 0 Å². The molecule has 9 heteroatoms. The van der Waals surface area contributed by atoms with Crippen LogP contribution in [-0.2, 0) is 0 Å². The van der Waals surface area contributed by atoms with E-state index in [-0.39, 0.29) is 32.1 Å². The Morgan fingerprint density at radius 1 is 0.833 bits per heavy atom. The maximum absolute atomic E-state index is 14.2. The summed E-state index contributed by atoms with van der Waals surface area (Å²) in [6.45, 7) is 0.283. The third-order valence-corrected chi connectivity index (χ3v) is 6.19. The number of carbonyl (C=O) groups is 1. The second-order valence-electron chi connectivity index (χ2n) is 6.84. The summed E-state index contributed by atoms with van der Waals surface area (Å²) in [5.41, 5.74) is -0.307. The highest BCUT2D eigenvalue weighted by atomic mass is 79.9. The molecule has 0 spiro atoms. The highest BCUT2D eigenvalue weighted by Crippen LogP contribution is 2.34. The van der Waals surface area contributed by atoms with Gasteiger partial charge in [0.15, 0.2) is 23.3 Å². The largest absolute Gasteiger partial charge is 0.363 e. The van der Waals surface area contributed by atoms with E-state index in [9.17, 15) is 22.4 Å². The van der Waals surface area contributed by atoms with Gasteiger partial charge >= 0.3 is 0 Å². The Morgan fingerprint density at radius 3 is 2.03 bits per heavy atom. The summed E-state index contributed by atoms with van der Waals surface area (Å²) < 4.78 is 56.9. The van der Waals surface area contributed by atoms with Crippen LogP contribution in [0.5, 0.6) is 0 Å². The number of piperazine rings is 1. The standard InChI is InChI=1S/C21H14BrClF4N2O/c22-14-6-2-3-11-12(14)4-1-5-13(11)21(30)29-9-7-28(8-10-29)20-18(26)16(24)15(23)17(25)19(20)27/h1-6H,7-10H2. The van der Waals surface area contributed by atoms with Gasteiger partial charge in [0.05, 0.1) is 0 Å². The predicted molar refractivity (Wildman–Crippen MR) is 111 cm³/mol. The summed E-state index contributed by atoms with van der Waals surface area (Å²) in [7, 11) is 0. The molecule has 0 bridgehead atoms. The number of carbonyl (C=O) groups excluding carboxylic acids is 1. The summed E-state index contributed by atoms with van der Waals surface area (Å²) in [6.07, 6.45) is 0. The molecule has 30 heavy (non-hydrogen) atoms. The summed E-state index contributed by atoms with van der Waals surface area (Å²) in [5.74, 6) is -6.58. The van der Waals surface area contributed by atoms with E-state index in [4.69, 9.17) is 11.6 Å². The number of hydrogen-bond donors (Lipinski definition) is 0. The third-order valence-electron chi connectivity index (χ3n) is 5.17. The number of anilines is 1. The van der Waals surface area contributed by atoms with Crippen LogP contribution in [0.1, 0.15) is 10.4 Å². The SMILES string of the molecule is O=C(c1cccc2c(Br)cccc12)N1CCN(c2c(F)c(F)c(Cl)c(F)c2F)CC1. The molecule has 0 radical (unpaired) electrons. The van der Waals surface area contributed by atoms with Crippen LogP contribution >= 0.6 is 27.5 Å². The Kier molecular flexibility index (Phi) is 5.63. The van der Waals surface area contributed by atoms with E-state index in [0.717, 1.165) is 15.2 Å². The molecule has 156 valence electrons. The fourth-order valence-electron chi connectivity index (χ4n) is 3.63. The highest BCUT2D eigenvalue weighted by Gasteiger charge is 2.31. The van der Waals surface area contributed by atoms with Crippen molar-refractivity contribution in [3.63, 3.8) is 0 Å². The molecule has 1 amide bonds. The molecule has 1 aliphatic rings. The quantitative estimate of drug-likeness (QED) is 0.253. The average molecular weight is 502 g/mol. The number of hydrogen-bond acceptors (Lipinski definition) is 2. The van der Waals surface area contributed by atoms with Crippen LogP contribution in [-0.4, -0.2) is 37.0 Å². The van der Waals surface area contributed by atoms with Crippen LogP contribution < -0.4 is 4.90 Å². The lowest BCUT2D eigenvalue weighted by molar-refractivity contribution is 0.0748. The second-order valence-corrected chi connectivity index (χ2v) is 8.07. The smallest absolute Gasteiger partial charge is 0.254 e. The summed E-state index contributed by atoms with van der Waals surface area (Å²) >= 11 is 8.75. The minimum atomic E-state index is -1.63. The average Bonchev–Trinajstić information content (AvgIpc) is 2.76. The van der Waals surface area contributed by atoms with Gasteiger partial charge in [0.2, 0.25) is 0 Å². The molecule has 0 unspecified atom stereocenters. The van der Waals surface area contributed by atoms with Crippen LogP contribution in [0.2, 0.25) is 5.02 Å². The van der Waals surface area contributed by atoms with E-state index >= 15 is 0 Å². The van der Waals surface area contributed by atoms with E-state index in [2.05, 4.69) is 15.9 Å². The van der Waals surface area contributed by atoms with Gasteiger partial charge in [0.1, 0.15) is 10.7 Å². The molecule has 0 N–H and O–H groups in total. The van der Waals surface area contributed by atoms with Crippen molar-refractivity contribution in [2.45, 2.75) is 0 Å². The van der Waals surface area contributed by atoms with Gasteiger partial charge in [-0.1, -0.05) is 51.8 Å². The molecule has 4 rings (SSSR count). The molecule has 3 aromatic carbocycles. The molecule has 3 aromatic rings. The monoisotopic (exact) mass is 500 g/mol.